The smallest absolute Gasteiger partial charge is 0.657 e. The van der Waals surface area contributed by atoms with Gasteiger partial charge in [-0.25, -0.2) is 10.2 Å². The van der Waals surface area contributed by atoms with Crippen LogP contribution >= 0.6 is 0 Å². The number of fused-ring (bicyclic) bond motifs is 6. The molecular formula is C50H63N13O11Pd. The van der Waals surface area contributed by atoms with Crippen LogP contribution in [-0.4, -0.2) is 119 Å². The number of hydrazine groups is 1. The Morgan fingerprint density at radius 1 is 0.880 bits per heavy atom. The fraction of sp³-hybridized carbons (Fsp3) is 0.480. The molecular weight excluding hydrogens is 1070 g/mol. The molecule has 0 aliphatic carbocycles. The van der Waals surface area contributed by atoms with Crippen molar-refractivity contribution >= 4 is 81.1 Å². The Morgan fingerprint density at radius 3 is 2.21 bits per heavy atom. The summed E-state index contributed by atoms with van der Waals surface area (Å²) in [5, 5.41) is 19.3. The largest absolute Gasteiger partial charge is 2.00 e. The Balaban J connectivity index is 0.0000104. The van der Waals surface area contributed by atoms with Crippen LogP contribution in [-0.2, 0) is 60.3 Å². The fourth-order valence-corrected chi connectivity index (χ4v) is 9.58. The zero-order chi connectivity index (χ0) is 54.1. The van der Waals surface area contributed by atoms with Gasteiger partial charge in [0.15, 0.2) is 11.7 Å². The number of ether oxygens (including phenoxy) is 1. The van der Waals surface area contributed by atoms with E-state index in [2.05, 4.69) is 37.1 Å². The van der Waals surface area contributed by atoms with Gasteiger partial charge < -0.3 is 52.5 Å². The predicted octanol–water partition coefficient (Wildman–Crippen LogP) is 1.25. The number of carboxylic acids is 1. The van der Waals surface area contributed by atoms with Gasteiger partial charge in [0.25, 0.3) is 0 Å². The molecule has 0 saturated carbocycles. The number of aliphatic carboxylic acids is 1. The molecule has 404 valence electrons. The van der Waals surface area contributed by atoms with E-state index in [1.165, 1.54) is 14.0 Å². The molecule has 0 spiro atoms. The van der Waals surface area contributed by atoms with Gasteiger partial charge in [-0.1, -0.05) is 50.1 Å². The van der Waals surface area contributed by atoms with E-state index in [1.807, 2.05) is 26.8 Å². The summed E-state index contributed by atoms with van der Waals surface area (Å²) in [6, 6.07) is 1.29. The van der Waals surface area contributed by atoms with Crippen LogP contribution in [0.1, 0.15) is 150 Å². The van der Waals surface area contributed by atoms with E-state index in [1.54, 1.807) is 26.0 Å². The molecule has 5 amide bonds. The fourth-order valence-electron chi connectivity index (χ4n) is 9.58. The van der Waals surface area contributed by atoms with E-state index < -0.39 is 90.6 Å². The number of aromatic nitrogens is 4. The van der Waals surface area contributed by atoms with Gasteiger partial charge in [-0.15, -0.1) is 22.1 Å². The molecule has 3 aliphatic rings. The molecule has 75 heavy (non-hydrogen) atoms. The standard InChI is InChI=1S/C50H65N13O11.Pd/c1-8-27-22(2)31-19-36-42(26(6)64)24(4)33(58-36)17-32-23(3)28-11-12-39(66)63-62-30(10-9-13-54-49(51)52)47(71)56-21-38(65)46(70)37(20-40(67)68)61-50(73)55-15-14-53-48(72)43-25(5)34(18-35(27)57-31)60-45(43)29(44(28)59-32)16-41(69)74-7;/h17-19,22-23,27-28,30,37H,8-16,20-21H2,1-7H3,(H13,51,52,53,54,55,56,57,58,59,60,61,62,63,64,65,66,67,68,70,71,72,73);/q;+2/p-2/t22?,23?,27-,28+,30+,37+;/m1./s1. The number of guanidine groups is 1. The summed E-state index contributed by atoms with van der Waals surface area (Å²) < 4.78 is 5.22. The quantitative estimate of drug-likeness (QED) is 0.0262. The molecule has 11 N–H and O–H groups in total. The number of amides is 5. The number of rotatable bonds is 10. The first-order chi connectivity index (χ1) is 35.1. The number of nitrogens with zero attached hydrogens (tertiary/aromatic N) is 5. The van der Waals surface area contributed by atoms with Gasteiger partial charge in [0.2, 0.25) is 29.3 Å². The third kappa shape index (κ3) is 13.9. The zero-order valence-electron chi connectivity index (χ0n) is 42.7. The predicted molar refractivity (Wildman–Crippen MR) is 269 cm³/mol. The Bertz CT molecular complexity index is 2960. The molecule has 3 aliphatic heterocycles. The molecule has 0 aromatic carbocycles. The van der Waals surface area contributed by atoms with Crippen molar-refractivity contribution < 1.29 is 73.4 Å². The number of Topliss-reactive ketones (excluding diaryl/α,β-unsaturated/α-hetero) is 3. The zero-order valence-corrected chi connectivity index (χ0v) is 44.3. The molecule has 3 aromatic heterocycles. The first-order valence-electron chi connectivity index (χ1n) is 24.4. The monoisotopic (exact) mass is 1130 g/mol. The number of nitrogens with two attached hydrogens (primary N) is 2. The molecule has 0 radical (unpaired) electrons. The minimum Gasteiger partial charge on any atom is -0.657 e. The summed E-state index contributed by atoms with van der Waals surface area (Å²) in [6.07, 6.45) is -0.588. The van der Waals surface area contributed by atoms with Gasteiger partial charge >= 0.3 is 38.4 Å². The average Bonchev–Trinajstić information content (AvgIpc) is 4.04. The van der Waals surface area contributed by atoms with Gasteiger partial charge in [-0.05, 0) is 52.0 Å². The van der Waals surface area contributed by atoms with Crippen molar-refractivity contribution in [3.63, 3.8) is 0 Å². The van der Waals surface area contributed by atoms with Crippen molar-refractivity contribution in [2.24, 2.45) is 16.5 Å². The van der Waals surface area contributed by atoms with Crippen LogP contribution in [0.4, 0.5) is 4.79 Å². The topological polar surface area (TPSA) is 374 Å². The Kier molecular flexibility index (Phi) is 20.1. The van der Waals surface area contributed by atoms with E-state index >= 15 is 0 Å². The van der Waals surface area contributed by atoms with Crippen LogP contribution in [0.3, 0.4) is 0 Å². The van der Waals surface area contributed by atoms with E-state index in [0.29, 0.717) is 62.4 Å². The van der Waals surface area contributed by atoms with Gasteiger partial charge in [0.05, 0.1) is 26.5 Å². The van der Waals surface area contributed by atoms with E-state index in [0.717, 1.165) is 0 Å². The molecule has 6 heterocycles. The molecule has 3 aromatic rings. The summed E-state index contributed by atoms with van der Waals surface area (Å²) in [5.74, 6) is -8.50. The van der Waals surface area contributed by atoms with Crippen LogP contribution in [0.15, 0.2) is 23.2 Å². The number of aryl methyl sites for hydroxylation is 2. The number of aliphatic imine (C=N–C) groups is 1. The van der Waals surface area contributed by atoms with Gasteiger partial charge in [0, 0.05) is 83.6 Å². The van der Waals surface area contributed by atoms with E-state index in [9.17, 15) is 48.3 Å². The van der Waals surface area contributed by atoms with Crippen LogP contribution in [0.25, 0.3) is 22.1 Å². The molecule has 24 nitrogen and oxygen atoms in total. The number of ketones is 3. The number of nitrogens with one attached hydrogen (secondary N) is 6. The second-order valence-electron chi connectivity index (χ2n) is 18.6. The Hall–Kier alpha value is -7.36. The van der Waals surface area contributed by atoms with E-state index in [4.69, 9.17) is 36.1 Å². The number of carbonyl (C=O) groups is 9. The molecule has 6 atom stereocenters. The minimum atomic E-state index is -1.84. The third-order valence-electron chi connectivity index (χ3n) is 13.6. The summed E-state index contributed by atoms with van der Waals surface area (Å²) in [5.41, 5.74) is 21.5. The number of carbonyl (C=O) groups excluding carboxylic acids is 8. The van der Waals surface area contributed by atoms with Crippen molar-refractivity contribution in [1.82, 2.24) is 52.1 Å². The van der Waals surface area contributed by atoms with E-state index in [-0.39, 0.29) is 106 Å². The number of hydrogen-bond donors (Lipinski definition) is 9. The van der Waals surface area contributed by atoms with Gasteiger partial charge in [0.1, 0.15) is 12.1 Å². The summed E-state index contributed by atoms with van der Waals surface area (Å²) in [7, 11) is 1.22. The third-order valence-corrected chi connectivity index (χ3v) is 13.6. The molecule has 0 saturated heterocycles. The number of methoxy groups -OCH3 is 1. The van der Waals surface area contributed by atoms with Crippen molar-refractivity contribution in [1.29, 1.82) is 0 Å². The second-order valence-corrected chi connectivity index (χ2v) is 18.6. The summed E-state index contributed by atoms with van der Waals surface area (Å²) in [6.45, 7) is 9.68. The Labute approximate surface area is 445 Å². The normalized spacial score (nSPS) is 21.1. The Morgan fingerprint density at radius 2 is 1.55 bits per heavy atom. The number of carboxylic acid groups (broad SMARTS) is 1. The van der Waals surface area contributed by atoms with Crippen LogP contribution in [0.5, 0.6) is 0 Å². The summed E-state index contributed by atoms with van der Waals surface area (Å²) in [4.78, 5) is 144. The van der Waals surface area contributed by atoms with Crippen LogP contribution in [0, 0.1) is 13.8 Å². The maximum Gasteiger partial charge on any atom is 2.00 e. The van der Waals surface area contributed by atoms with Gasteiger partial charge in [-0.3, -0.25) is 58.7 Å². The second kappa shape index (κ2) is 25.7. The molecule has 0 fully saturated rings. The van der Waals surface area contributed by atoms with Crippen LogP contribution < -0.4 is 53.6 Å². The first-order valence-corrected chi connectivity index (χ1v) is 24.4. The maximum absolute atomic E-state index is 14.6. The van der Waals surface area contributed by atoms with Crippen molar-refractivity contribution in [3.05, 3.63) is 68.8 Å². The number of hydrogen-bond acceptors (Lipinski definition) is 14. The molecule has 25 heteroatoms. The van der Waals surface area contributed by atoms with Crippen LogP contribution in [0.2, 0.25) is 0 Å². The molecule has 8 bridgehead atoms. The maximum atomic E-state index is 14.6. The first kappa shape index (κ1) is 58.5. The van der Waals surface area contributed by atoms with Crippen molar-refractivity contribution in [2.45, 2.75) is 122 Å². The SMILES string of the molecule is CC[C@H]1c2cc3[n-]c4c(CC(=O)OC)c5nc(cc6[n-]c(cc(n2)C1C)c(C(C)=O)c6C)C(C)[C@@H]5CCC(=O)NN[C@@H](CCCN=C(N)N)C(=O)NCC(=O)C(=O)[C@H](CC(=O)O)NC(=O)NCCNC(=O)c4c3C.[Pd+2]. The molecule has 6 rings (SSSR count). The number of esters is 1. The minimum absolute atomic E-state index is 0. The number of urea groups is 1. The molecule has 2 unspecified atom stereocenters. The summed E-state index contributed by atoms with van der Waals surface area (Å²) >= 11 is 0. The van der Waals surface area contributed by atoms with Crippen molar-refractivity contribution in [3.8, 4) is 0 Å². The van der Waals surface area contributed by atoms with Crippen molar-refractivity contribution in [2.75, 3.05) is 33.3 Å². The average molecular weight is 1130 g/mol. The van der Waals surface area contributed by atoms with Gasteiger partial charge in [-0.2, -0.15) is 0 Å².